The van der Waals surface area contributed by atoms with Crippen molar-refractivity contribution in [3.63, 3.8) is 0 Å². The maximum absolute atomic E-state index is 13.5. The number of amides is 1. The molecule has 1 aliphatic heterocycles. The molecule has 1 heterocycles. The fraction of sp³-hybridized carbons (Fsp3) is 0.350. The van der Waals surface area contributed by atoms with E-state index >= 15 is 0 Å². The van der Waals surface area contributed by atoms with E-state index in [0.717, 1.165) is 23.7 Å². The van der Waals surface area contributed by atoms with Crippen molar-refractivity contribution in [1.29, 1.82) is 0 Å². The van der Waals surface area contributed by atoms with Crippen LogP contribution in [0, 0.1) is 18.7 Å². The van der Waals surface area contributed by atoms with Gasteiger partial charge in [0.1, 0.15) is 11.9 Å². The first-order chi connectivity index (χ1) is 12.7. The second-order valence-electron chi connectivity index (χ2n) is 7.12. The minimum atomic E-state index is -3.96. The molecule has 27 heavy (non-hydrogen) atoms. The maximum atomic E-state index is 13.5. The van der Waals surface area contributed by atoms with Crippen molar-refractivity contribution >= 4 is 21.6 Å². The summed E-state index contributed by atoms with van der Waals surface area (Å²) < 4.78 is 41.5. The van der Waals surface area contributed by atoms with Crippen LogP contribution >= 0.6 is 0 Å². The predicted molar refractivity (Wildman–Crippen MR) is 103 cm³/mol. The third kappa shape index (κ3) is 3.89. The van der Waals surface area contributed by atoms with Crippen molar-refractivity contribution in [3.05, 3.63) is 59.4 Å². The van der Waals surface area contributed by atoms with E-state index in [1.54, 1.807) is 18.7 Å². The van der Waals surface area contributed by atoms with Crippen LogP contribution in [-0.2, 0) is 21.2 Å². The highest BCUT2D eigenvalue weighted by atomic mass is 32.2. The van der Waals surface area contributed by atoms with Crippen LogP contribution < -0.4 is 9.62 Å². The van der Waals surface area contributed by atoms with Crippen LogP contribution in [0.3, 0.4) is 0 Å². The highest BCUT2D eigenvalue weighted by Gasteiger charge is 2.34. The molecule has 3 rings (SSSR count). The van der Waals surface area contributed by atoms with Crippen molar-refractivity contribution in [3.8, 4) is 0 Å². The molecule has 7 heteroatoms. The number of anilines is 1. The Morgan fingerprint density at radius 3 is 2.56 bits per heavy atom. The molecule has 0 aromatic heterocycles. The van der Waals surface area contributed by atoms with Crippen molar-refractivity contribution < 1.29 is 17.6 Å². The fourth-order valence-electron chi connectivity index (χ4n) is 3.23. The predicted octanol–water partition coefficient (Wildman–Crippen LogP) is 3.03. The first kappa shape index (κ1) is 19.5. The van der Waals surface area contributed by atoms with Crippen LogP contribution in [0.5, 0.6) is 0 Å². The molecule has 2 aromatic rings. The quantitative estimate of drug-likeness (QED) is 0.853. The van der Waals surface area contributed by atoms with Crippen LogP contribution in [0.25, 0.3) is 0 Å². The molecule has 0 saturated carbocycles. The zero-order valence-electron chi connectivity index (χ0n) is 15.6. The number of carbonyl (C=O) groups excluding carboxylic acids is 1. The molecule has 5 nitrogen and oxygen atoms in total. The first-order valence-electron chi connectivity index (χ1n) is 8.88. The monoisotopic (exact) mass is 390 g/mol. The molecule has 1 aliphatic rings. The second kappa shape index (κ2) is 7.40. The summed E-state index contributed by atoms with van der Waals surface area (Å²) in [5.41, 5.74) is 2.13. The number of sulfonamides is 1. The second-order valence-corrected chi connectivity index (χ2v) is 8.84. The molecule has 2 aromatic carbocycles. The number of fused-ring (bicyclic) bond motifs is 1. The number of rotatable bonds is 5. The summed E-state index contributed by atoms with van der Waals surface area (Å²) in [6.07, 6.45) is 0.747. The number of benzene rings is 2. The Balaban J connectivity index is 1.88. The molecule has 1 N–H and O–H groups in total. The van der Waals surface area contributed by atoms with Crippen LogP contribution in [0.15, 0.2) is 47.4 Å². The van der Waals surface area contributed by atoms with Crippen LogP contribution in [0.1, 0.15) is 25.0 Å². The van der Waals surface area contributed by atoms with E-state index in [9.17, 15) is 17.6 Å². The summed E-state index contributed by atoms with van der Waals surface area (Å²) in [4.78, 5) is 14.7. The minimum absolute atomic E-state index is 0.0540. The van der Waals surface area contributed by atoms with Gasteiger partial charge in [-0.2, -0.15) is 4.72 Å². The number of para-hydroxylation sites is 1. The van der Waals surface area contributed by atoms with E-state index in [1.165, 1.54) is 19.1 Å². The number of hydrogen-bond acceptors (Lipinski definition) is 3. The number of aryl methyl sites for hydroxylation is 1. The molecule has 0 bridgehead atoms. The molecule has 1 amide bonds. The Hall–Kier alpha value is -2.25. The molecule has 1 atom stereocenters. The molecule has 0 aliphatic carbocycles. The van der Waals surface area contributed by atoms with E-state index in [4.69, 9.17) is 0 Å². The normalized spacial score (nSPS) is 15.1. The van der Waals surface area contributed by atoms with Crippen molar-refractivity contribution in [2.45, 2.75) is 38.1 Å². The molecule has 0 radical (unpaired) electrons. The molecule has 144 valence electrons. The molecule has 0 unspecified atom stereocenters. The maximum Gasteiger partial charge on any atom is 0.245 e. The van der Waals surface area contributed by atoms with Crippen molar-refractivity contribution in [2.24, 2.45) is 5.92 Å². The topological polar surface area (TPSA) is 66.5 Å². The summed E-state index contributed by atoms with van der Waals surface area (Å²) >= 11 is 0. The molecule has 0 fully saturated rings. The van der Waals surface area contributed by atoms with Gasteiger partial charge in [-0.1, -0.05) is 32.0 Å². The Morgan fingerprint density at radius 2 is 1.89 bits per heavy atom. The van der Waals surface area contributed by atoms with Gasteiger partial charge in [0.2, 0.25) is 15.9 Å². The third-order valence-corrected chi connectivity index (χ3v) is 6.25. The standard InChI is InChI=1S/C20H23FN2O3S/c1-13(2)19(20(24)23-11-10-15-6-4-5-7-18(15)23)22-27(25,26)16-8-9-17(21)14(3)12-16/h4-9,12-13,19,22H,10-11H2,1-3H3/t19-/m0/s1. The number of carbonyl (C=O) groups is 1. The van der Waals surface area contributed by atoms with Crippen LogP contribution in [0.2, 0.25) is 0 Å². The van der Waals surface area contributed by atoms with Gasteiger partial charge in [-0.15, -0.1) is 0 Å². The van der Waals surface area contributed by atoms with Crippen LogP contribution in [0.4, 0.5) is 10.1 Å². The first-order valence-corrected chi connectivity index (χ1v) is 10.4. The molecule has 0 spiro atoms. The Labute approximate surface area is 159 Å². The average molecular weight is 390 g/mol. The van der Waals surface area contributed by atoms with E-state index in [2.05, 4.69) is 4.72 Å². The number of nitrogens with zero attached hydrogens (tertiary/aromatic N) is 1. The lowest BCUT2D eigenvalue weighted by molar-refractivity contribution is -0.121. The van der Waals surface area contributed by atoms with Crippen molar-refractivity contribution in [2.75, 3.05) is 11.4 Å². The summed E-state index contributed by atoms with van der Waals surface area (Å²) in [5, 5.41) is 0. The van der Waals surface area contributed by atoms with Gasteiger partial charge in [0, 0.05) is 12.2 Å². The average Bonchev–Trinajstić information content (AvgIpc) is 3.05. The Morgan fingerprint density at radius 1 is 1.19 bits per heavy atom. The lowest BCUT2D eigenvalue weighted by Crippen LogP contribution is -2.51. The van der Waals surface area contributed by atoms with Gasteiger partial charge in [0.15, 0.2) is 0 Å². The van der Waals surface area contributed by atoms with E-state index in [-0.39, 0.29) is 22.3 Å². The third-order valence-electron chi connectivity index (χ3n) is 4.81. The van der Waals surface area contributed by atoms with Gasteiger partial charge >= 0.3 is 0 Å². The van der Waals surface area contributed by atoms with Gasteiger partial charge in [0.25, 0.3) is 0 Å². The zero-order chi connectivity index (χ0) is 19.8. The fourth-order valence-corrected chi connectivity index (χ4v) is 4.65. The lowest BCUT2D eigenvalue weighted by Gasteiger charge is -2.27. The van der Waals surface area contributed by atoms with Crippen LogP contribution in [-0.4, -0.2) is 26.9 Å². The summed E-state index contributed by atoms with van der Waals surface area (Å²) in [6, 6.07) is 10.3. The van der Waals surface area contributed by atoms with Gasteiger partial charge in [0.05, 0.1) is 4.90 Å². The van der Waals surface area contributed by atoms with E-state index in [0.29, 0.717) is 6.54 Å². The van der Waals surface area contributed by atoms with E-state index in [1.807, 2.05) is 24.3 Å². The largest absolute Gasteiger partial charge is 0.310 e. The Kier molecular flexibility index (Phi) is 5.35. The number of hydrogen-bond donors (Lipinski definition) is 1. The molecule has 0 saturated heterocycles. The lowest BCUT2D eigenvalue weighted by atomic mass is 10.0. The number of nitrogens with one attached hydrogen (secondary N) is 1. The van der Waals surface area contributed by atoms with E-state index < -0.39 is 21.9 Å². The summed E-state index contributed by atoms with van der Waals surface area (Å²) in [7, 11) is -3.96. The van der Waals surface area contributed by atoms with Gasteiger partial charge in [-0.25, -0.2) is 12.8 Å². The zero-order valence-corrected chi connectivity index (χ0v) is 16.4. The smallest absolute Gasteiger partial charge is 0.245 e. The minimum Gasteiger partial charge on any atom is -0.310 e. The van der Waals surface area contributed by atoms with Gasteiger partial charge in [-0.3, -0.25) is 4.79 Å². The van der Waals surface area contributed by atoms with Gasteiger partial charge in [-0.05, 0) is 54.7 Å². The van der Waals surface area contributed by atoms with Crippen molar-refractivity contribution in [1.82, 2.24) is 4.72 Å². The summed E-state index contributed by atoms with van der Waals surface area (Å²) in [6.45, 7) is 5.62. The molecular formula is C20H23FN2O3S. The SMILES string of the molecule is Cc1cc(S(=O)(=O)N[C@H](C(=O)N2CCc3ccccc32)C(C)C)ccc1F. The highest BCUT2D eigenvalue weighted by molar-refractivity contribution is 7.89. The summed E-state index contributed by atoms with van der Waals surface area (Å²) in [5.74, 6) is -1.00. The Bertz CT molecular complexity index is 973. The van der Waals surface area contributed by atoms with Gasteiger partial charge < -0.3 is 4.90 Å². The highest BCUT2D eigenvalue weighted by Crippen LogP contribution is 2.29. The molecular weight excluding hydrogens is 367 g/mol. The number of halogens is 1.